The first-order valence-corrected chi connectivity index (χ1v) is 2.35. The minimum absolute atomic E-state index is 0. The smallest absolute Gasteiger partial charge is 1.00 e. The van der Waals surface area contributed by atoms with Crippen molar-refractivity contribution in [2.45, 2.75) is 0 Å². The number of phosphoric acid groups is 1. The van der Waals surface area contributed by atoms with Crippen LogP contribution in [0.15, 0.2) is 0 Å². The van der Waals surface area contributed by atoms with Gasteiger partial charge in [-0.3, -0.25) is 0 Å². The van der Waals surface area contributed by atoms with Crippen LogP contribution >= 0.6 is 7.82 Å². The van der Waals surface area contributed by atoms with Gasteiger partial charge in [-0.25, -0.2) is 4.57 Å². The molecule has 7 heavy (non-hydrogen) atoms. The van der Waals surface area contributed by atoms with Crippen LogP contribution in [0.25, 0.3) is 0 Å². The SMILES string of the molecule is O=P(O)(O)O.[Eu].[H-].[Na+]. The van der Waals surface area contributed by atoms with Crippen LogP contribution in [0.1, 0.15) is 1.43 Å². The van der Waals surface area contributed by atoms with E-state index >= 15 is 0 Å². The van der Waals surface area contributed by atoms with E-state index in [0.717, 1.165) is 0 Å². The summed E-state index contributed by atoms with van der Waals surface area (Å²) in [5, 5.41) is 0. The van der Waals surface area contributed by atoms with Crippen LogP contribution in [0, 0.1) is 49.4 Å². The van der Waals surface area contributed by atoms with Crippen molar-refractivity contribution < 1.29 is 99.6 Å². The molecule has 0 aliphatic rings. The molecule has 0 fully saturated rings. The van der Waals surface area contributed by atoms with E-state index in [2.05, 4.69) is 0 Å². The molecule has 0 aromatic heterocycles. The minimum Gasteiger partial charge on any atom is -1.00 e. The molecule has 0 heterocycles. The molecule has 0 atom stereocenters. The van der Waals surface area contributed by atoms with Crippen LogP contribution in [0.2, 0.25) is 0 Å². The van der Waals surface area contributed by atoms with Gasteiger partial charge in [0.15, 0.2) is 0 Å². The first-order chi connectivity index (χ1) is 2.00. The fraction of sp³-hybridized carbons (Fsp3) is 0. The summed E-state index contributed by atoms with van der Waals surface area (Å²) in [6, 6.07) is 0. The summed E-state index contributed by atoms with van der Waals surface area (Å²) in [5.74, 6) is 0. The Labute approximate surface area is 105 Å². The van der Waals surface area contributed by atoms with Gasteiger partial charge in [-0.15, -0.1) is 0 Å². The molecule has 0 spiro atoms. The Morgan fingerprint density at radius 2 is 1.29 bits per heavy atom. The zero-order valence-corrected chi connectivity index (χ0v) is 8.89. The molecular weight excluding hydrogens is 270 g/mol. The van der Waals surface area contributed by atoms with E-state index in [1.807, 2.05) is 0 Å². The maximum atomic E-state index is 8.88. The first-order valence-electron chi connectivity index (χ1n) is 0.783. The van der Waals surface area contributed by atoms with E-state index in [-0.39, 0.29) is 80.4 Å². The molecule has 0 amide bonds. The van der Waals surface area contributed by atoms with Crippen molar-refractivity contribution in [3.63, 3.8) is 0 Å². The number of rotatable bonds is 0. The van der Waals surface area contributed by atoms with E-state index in [1.165, 1.54) is 0 Å². The van der Waals surface area contributed by atoms with Crippen molar-refractivity contribution in [1.29, 1.82) is 0 Å². The third kappa shape index (κ3) is 53.7. The van der Waals surface area contributed by atoms with Gasteiger partial charge in [-0.1, -0.05) is 0 Å². The third-order valence-electron chi connectivity index (χ3n) is 0. The van der Waals surface area contributed by atoms with Gasteiger partial charge >= 0.3 is 37.4 Å². The molecule has 1 radical (unpaired) electrons. The van der Waals surface area contributed by atoms with Crippen LogP contribution in [0.5, 0.6) is 0 Å². The normalized spacial score (nSPS) is 8.43. The Morgan fingerprint density at radius 1 is 1.29 bits per heavy atom. The Morgan fingerprint density at radius 3 is 1.29 bits per heavy atom. The zero-order valence-electron chi connectivity index (χ0n) is 4.58. The van der Waals surface area contributed by atoms with Crippen molar-refractivity contribution in [2.75, 3.05) is 0 Å². The van der Waals surface area contributed by atoms with Crippen molar-refractivity contribution in [1.82, 2.24) is 0 Å². The monoisotopic (exact) mass is 275 g/mol. The summed E-state index contributed by atoms with van der Waals surface area (Å²) in [7, 11) is -4.64. The van der Waals surface area contributed by atoms with E-state index < -0.39 is 7.82 Å². The molecule has 0 aliphatic carbocycles. The quantitative estimate of drug-likeness (QED) is 0.312. The molecule has 0 unspecified atom stereocenters. The molecule has 0 aromatic rings. The third-order valence-corrected chi connectivity index (χ3v) is 0. The maximum absolute atomic E-state index is 8.88. The van der Waals surface area contributed by atoms with Crippen molar-refractivity contribution in [3.05, 3.63) is 0 Å². The van der Waals surface area contributed by atoms with E-state index in [0.29, 0.717) is 0 Å². The second-order valence-corrected chi connectivity index (χ2v) is 1.54. The molecule has 3 N–H and O–H groups in total. The van der Waals surface area contributed by atoms with Gasteiger partial charge in [0.05, 0.1) is 0 Å². The van der Waals surface area contributed by atoms with Gasteiger partial charge in [0.25, 0.3) is 0 Å². The zero-order chi connectivity index (χ0) is 4.50. The fourth-order valence-corrected chi connectivity index (χ4v) is 0. The molecule has 0 bridgehead atoms. The predicted octanol–water partition coefficient (Wildman–Crippen LogP) is -3.81. The largest absolute Gasteiger partial charge is 1.00 e. The Bertz CT molecular complexity index is 62.2. The average molecular weight is 274 g/mol. The summed E-state index contributed by atoms with van der Waals surface area (Å²) >= 11 is 0. The van der Waals surface area contributed by atoms with Crippen molar-refractivity contribution in [3.8, 4) is 0 Å². The topological polar surface area (TPSA) is 77.8 Å². The van der Waals surface area contributed by atoms with Gasteiger partial charge in [-0.05, 0) is 0 Å². The Kier molecular flexibility index (Phi) is 15.9. The van der Waals surface area contributed by atoms with Crippen LogP contribution in [0.4, 0.5) is 0 Å². The average Bonchev–Trinajstić information content (AvgIpc) is 0.722. The Balaban J connectivity index is -0.0000000267. The summed E-state index contributed by atoms with van der Waals surface area (Å²) in [4.78, 5) is 21.6. The van der Waals surface area contributed by atoms with Gasteiger partial charge in [-0.2, -0.15) is 0 Å². The fourth-order valence-electron chi connectivity index (χ4n) is 0. The molecule has 0 rings (SSSR count). The van der Waals surface area contributed by atoms with Crippen LogP contribution < -0.4 is 29.6 Å². The first kappa shape index (κ1) is 16.4. The minimum atomic E-state index is -4.64. The molecule has 0 aromatic carbocycles. The summed E-state index contributed by atoms with van der Waals surface area (Å²) in [5.41, 5.74) is 0. The number of hydrogen-bond donors (Lipinski definition) is 3. The summed E-state index contributed by atoms with van der Waals surface area (Å²) in [6.07, 6.45) is 0. The Hall–Kier alpha value is 2.69. The van der Waals surface area contributed by atoms with Gasteiger partial charge < -0.3 is 16.1 Å². The van der Waals surface area contributed by atoms with Gasteiger partial charge in [0.2, 0.25) is 0 Å². The molecule has 4 nitrogen and oxygen atoms in total. The molecule has 0 saturated carbocycles. The van der Waals surface area contributed by atoms with Crippen molar-refractivity contribution in [2.24, 2.45) is 0 Å². The van der Waals surface area contributed by atoms with Crippen LogP contribution in [-0.4, -0.2) is 14.7 Å². The van der Waals surface area contributed by atoms with Gasteiger partial charge in [0.1, 0.15) is 0 Å². The molecule has 7 heteroatoms. The second kappa shape index (κ2) is 6.81. The van der Waals surface area contributed by atoms with Gasteiger partial charge in [0, 0.05) is 49.4 Å². The standard InChI is InChI=1S/Eu.Na.H3O4P.H/c;;1-5(2,3)4;/h;;(H3,1,2,3,4);/q;+1;;-1. The summed E-state index contributed by atoms with van der Waals surface area (Å²) < 4.78 is 8.88. The molecule has 0 aliphatic heterocycles. The van der Waals surface area contributed by atoms with E-state index in [4.69, 9.17) is 19.2 Å². The molecule has 41 valence electrons. The maximum Gasteiger partial charge on any atom is 1.00 e. The van der Waals surface area contributed by atoms with E-state index in [1.54, 1.807) is 0 Å². The summed E-state index contributed by atoms with van der Waals surface area (Å²) in [6.45, 7) is 0. The number of hydrogen-bond acceptors (Lipinski definition) is 1. The van der Waals surface area contributed by atoms with Crippen LogP contribution in [-0.2, 0) is 4.57 Å². The molecular formula is H4EuNaO4P. The van der Waals surface area contributed by atoms with Crippen LogP contribution in [0.3, 0.4) is 0 Å². The molecule has 0 saturated heterocycles. The predicted molar refractivity (Wildman–Crippen MR) is 15.4 cm³/mol. The van der Waals surface area contributed by atoms with E-state index in [9.17, 15) is 0 Å². The van der Waals surface area contributed by atoms with Crippen molar-refractivity contribution >= 4 is 7.82 Å². The second-order valence-electron chi connectivity index (χ2n) is 0.513.